The van der Waals surface area contributed by atoms with Crippen molar-refractivity contribution in [1.82, 2.24) is 0 Å². The first-order valence-electron chi connectivity index (χ1n) is 14.0. The molecule has 4 nitrogen and oxygen atoms in total. The lowest BCUT2D eigenvalue weighted by Crippen LogP contribution is -2.07. The second kappa shape index (κ2) is 9.92. The van der Waals surface area contributed by atoms with Crippen LogP contribution in [0, 0.1) is 55.4 Å². The van der Waals surface area contributed by atoms with Crippen molar-refractivity contribution in [3.8, 4) is 23.0 Å². The van der Waals surface area contributed by atoms with Gasteiger partial charge in [-0.05, 0) is 122 Å². The van der Waals surface area contributed by atoms with Crippen LogP contribution < -0.4 is 0 Å². The Labute approximate surface area is 237 Å². The lowest BCUT2D eigenvalue weighted by Gasteiger charge is -2.23. The maximum absolute atomic E-state index is 11.6. The van der Waals surface area contributed by atoms with Gasteiger partial charge in [0.1, 0.15) is 23.0 Å². The quantitative estimate of drug-likeness (QED) is 0.164. The Hall–Kier alpha value is -3.92. The third kappa shape index (κ3) is 4.40. The average Bonchev–Trinajstić information content (AvgIpc) is 2.91. The number of rotatable bonds is 0. The molecule has 0 amide bonds. The molecular formula is C36H40O4. The van der Waals surface area contributed by atoms with Crippen LogP contribution in [-0.4, -0.2) is 20.4 Å². The van der Waals surface area contributed by atoms with Gasteiger partial charge in [0, 0.05) is 47.9 Å². The second-order valence-corrected chi connectivity index (χ2v) is 11.9. The molecule has 4 N–H and O–H groups in total. The Bertz CT molecular complexity index is 1450. The van der Waals surface area contributed by atoms with Crippen LogP contribution in [0.5, 0.6) is 23.0 Å². The van der Waals surface area contributed by atoms with E-state index in [0.29, 0.717) is 25.7 Å². The Morgan fingerprint density at radius 1 is 0.350 bits per heavy atom. The van der Waals surface area contributed by atoms with Gasteiger partial charge in [0.25, 0.3) is 0 Å². The third-order valence-corrected chi connectivity index (χ3v) is 9.57. The van der Waals surface area contributed by atoms with Crippen LogP contribution >= 0.6 is 0 Å². The van der Waals surface area contributed by atoms with E-state index < -0.39 is 0 Å². The molecule has 0 unspecified atom stereocenters. The number of aryl methyl sites for hydroxylation is 4. The molecular weight excluding hydrogens is 496 g/mol. The van der Waals surface area contributed by atoms with Crippen molar-refractivity contribution in [1.29, 1.82) is 0 Å². The zero-order valence-corrected chi connectivity index (χ0v) is 24.9. The van der Waals surface area contributed by atoms with Crippen molar-refractivity contribution in [2.45, 2.75) is 81.1 Å². The highest BCUT2D eigenvalue weighted by atomic mass is 16.3. The van der Waals surface area contributed by atoms with Crippen molar-refractivity contribution in [2.75, 3.05) is 0 Å². The molecule has 0 atom stereocenters. The molecule has 4 aromatic carbocycles. The summed E-state index contributed by atoms with van der Waals surface area (Å²) < 4.78 is 0. The maximum Gasteiger partial charge on any atom is 0.122 e. The highest BCUT2D eigenvalue weighted by Crippen LogP contribution is 2.42. The predicted molar refractivity (Wildman–Crippen MR) is 162 cm³/mol. The zero-order valence-electron chi connectivity index (χ0n) is 24.9. The summed E-state index contributed by atoms with van der Waals surface area (Å²) in [6.45, 7) is 16.2. The van der Waals surface area contributed by atoms with Crippen LogP contribution in [0.1, 0.15) is 89.0 Å². The molecule has 4 aromatic rings. The van der Waals surface area contributed by atoms with E-state index in [-0.39, 0.29) is 23.0 Å². The fourth-order valence-corrected chi connectivity index (χ4v) is 6.36. The third-order valence-electron chi connectivity index (χ3n) is 9.57. The van der Waals surface area contributed by atoms with Gasteiger partial charge in [0.2, 0.25) is 0 Å². The van der Waals surface area contributed by atoms with E-state index in [1.165, 1.54) is 0 Å². The van der Waals surface area contributed by atoms with Crippen molar-refractivity contribution in [3.05, 3.63) is 113 Å². The maximum atomic E-state index is 11.6. The molecule has 1 aliphatic rings. The summed E-state index contributed by atoms with van der Waals surface area (Å²) in [6, 6.07) is 8.03. The van der Waals surface area contributed by atoms with Crippen molar-refractivity contribution in [2.24, 2.45) is 0 Å². The Kier molecular flexibility index (Phi) is 6.86. The monoisotopic (exact) mass is 536 g/mol. The standard InChI is InChI=1S/C36H40O4/c1-17-9-25-13-30-22(6)19(3)11-27(35(30)39)15-32-24(8)20(4)12-28(36(32)40)16-31-23(7)18(2)10-26(34(31)38)14-29(21(17)5)33(25)37/h9-12,37-40H,13-16H2,1-8H3. The van der Waals surface area contributed by atoms with Crippen LogP contribution in [0.3, 0.4) is 0 Å². The lowest BCUT2D eigenvalue weighted by molar-refractivity contribution is 0.449. The molecule has 0 saturated carbocycles. The van der Waals surface area contributed by atoms with Gasteiger partial charge < -0.3 is 20.4 Å². The van der Waals surface area contributed by atoms with E-state index in [1.807, 2.05) is 79.7 Å². The van der Waals surface area contributed by atoms with Crippen LogP contribution in [0.15, 0.2) is 24.3 Å². The summed E-state index contributed by atoms with van der Waals surface area (Å²) in [7, 11) is 0. The molecule has 40 heavy (non-hydrogen) atoms. The van der Waals surface area contributed by atoms with E-state index in [4.69, 9.17) is 0 Å². The molecule has 8 bridgehead atoms. The number of fused-ring (bicyclic) bond motifs is 8. The first-order valence-corrected chi connectivity index (χ1v) is 14.0. The van der Waals surface area contributed by atoms with E-state index >= 15 is 0 Å². The number of benzene rings is 4. The van der Waals surface area contributed by atoms with Gasteiger partial charge in [-0.3, -0.25) is 0 Å². The Morgan fingerprint density at radius 3 is 0.700 bits per heavy atom. The number of hydrogen-bond donors (Lipinski definition) is 4. The van der Waals surface area contributed by atoms with Crippen molar-refractivity contribution >= 4 is 0 Å². The van der Waals surface area contributed by atoms with Gasteiger partial charge in [-0.2, -0.15) is 0 Å². The molecule has 0 radical (unpaired) electrons. The minimum Gasteiger partial charge on any atom is -0.507 e. The molecule has 0 spiro atoms. The summed E-state index contributed by atoms with van der Waals surface area (Å²) in [4.78, 5) is 0. The van der Waals surface area contributed by atoms with Crippen LogP contribution in [0.25, 0.3) is 0 Å². The first-order chi connectivity index (χ1) is 18.8. The Balaban J connectivity index is 1.87. The molecule has 0 fully saturated rings. The molecule has 0 aliphatic heterocycles. The summed E-state index contributed by atoms with van der Waals surface area (Å²) in [5, 5.41) is 46.4. The van der Waals surface area contributed by atoms with Crippen molar-refractivity contribution < 1.29 is 20.4 Å². The molecule has 0 aromatic heterocycles. The molecule has 4 heteroatoms. The molecule has 5 rings (SSSR count). The smallest absolute Gasteiger partial charge is 0.122 e. The minimum atomic E-state index is 0.213. The van der Waals surface area contributed by atoms with Crippen LogP contribution in [0.2, 0.25) is 0 Å². The molecule has 0 heterocycles. The van der Waals surface area contributed by atoms with Crippen LogP contribution in [0.4, 0.5) is 0 Å². The van der Waals surface area contributed by atoms with E-state index in [2.05, 4.69) is 0 Å². The Morgan fingerprint density at radius 2 is 0.525 bits per heavy atom. The van der Waals surface area contributed by atoms with Gasteiger partial charge in [-0.15, -0.1) is 0 Å². The predicted octanol–water partition coefficient (Wildman–Crippen LogP) is 7.65. The van der Waals surface area contributed by atoms with Gasteiger partial charge in [-0.1, -0.05) is 24.3 Å². The topological polar surface area (TPSA) is 80.9 Å². The van der Waals surface area contributed by atoms with E-state index in [1.54, 1.807) is 0 Å². The van der Waals surface area contributed by atoms with Crippen molar-refractivity contribution in [3.63, 3.8) is 0 Å². The molecule has 0 saturated heterocycles. The summed E-state index contributed by atoms with van der Waals surface area (Å²) >= 11 is 0. The summed E-state index contributed by atoms with van der Waals surface area (Å²) in [5.41, 5.74) is 14.3. The highest BCUT2D eigenvalue weighted by Gasteiger charge is 2.24. The van der Waals surface area contributed by atoms with Crippen LogP contribution in [-0.2, 0) is 25.7 Å². The van der Waals surface area contributed by atoms with E-state index in [9.17, 15) is 20.4 Å². The second-order valence-electron chi connectivity index (χ2n) is 11.9. The summed E-state index contributed by atoms with van der Waals surface area (Å²) in [6.07, 6.45) is 1.50. The summed E-state index contributed by atoms with van der Waals surface area (Å²) in [5.74, 6) is 0.854. The first kappa shape index (κ1) is 27.6. The van der Waals surface area contributed by atoms with Gasteiger partial charge >= 0.3 is 0 Å². The minimum absolute atomic E-state index is 0.213. The largest absolute Gasteiger partial charge is 0.507 e. The molecule has 208 valence electrons. The number of phenolic OH excluding ortho intramolecular Hbond substituents is 4. The SMILES string of the molecule is Cc1cc2c(O)c(c1C)Cc1cc(C)c(C)c(c1O)Cc1cc(C)c(C)c(c1O)Cc1cc(C)c(C)c(c1O)C2. The van der Waals surface area contributed by atoms with Gasteiger partial charge in [0.05, 0.1) is 0 Å². The van der Waals surface area contributed by atoms with Gasteiger partial charge in [0.15, 0.2) is 0 Å². The highest BCUT2D eigenvalue weighted by molar-refractivity contribution is 5.61. The molecule has 1 aliphatic carbocycles. The number of hydrogen-bond acceptors (Lipinski definition) is 4. The average molecular weight is 537 g/mol. The lowest BCUT2D eigenvalue weighted by atomic mass is 9.84. The number of phenols is 4. The normalized spacial score (nSPS) is 13.0. The fraction of sp³-hybridized carbons (Fsp3) is 0.333. The van der Waals surface area contributed by atoms with E-state index in [0.717, 1.165) is 89.0 Å². The fourth-order valence-electron chi connectivity index (χ4n) is 6.36. The zero-order chi connectivity index (χ0) is 29.2. The number of aromatic hydroxyl groups is 4. The van der Waals surface area contributed by atoms with Gasteiger partial charge in [-0.25, -0.2) is 0 Å².